The maximum Gasteiger partial charge on any atom is 0.295 e. The van der Waals surface area contributed by atoms with Crippen LogP contribution < -0.4 is 21.9 Å². The van der Waals surface area contributed by atoms with E-state index in [1.807, 2.05) is 37.3 Å². The second kappa shape index (κ2) is 9.61. The van der Waals surface area contributed by atoms with Crippen LogP contribution in [-0.4, -0.2) is 19.1 Å². The molecule has 5 rings (SSSR count). The van der Waals surface area contributed by atoms with E-state index in [0.29, 0.717) is 5.56 Å². The molecule has 1 N–H and O–H groups in total. The van der Waals surface area contributed by atoms with Crippen molar-refractivity contribution in [2.45, 2.75) is 11.8 Å². The van der Waals surface area contributed by atoms with E-state index < -0.39 is 16.3 Å². The quantitative estimate of drug-likeness (QED) is 0.286. The first-order valence-electron chi connectivity index (χ1n) is 11.9. The van der Waals surface area contributed by atoms with Gasteiger partial charge in [0.05, 0.1) is 0 Å². The molecular formula is C31H26BO3S-. The molecule has 178 valence electrons. The van der Waals surface area contributed by atoms with Gasteiger partial charge < -0.3 is 0 Å². The molecule has 3 nitrogen and oxygen atoms in total. The number of benzene rings is 5. The van der Waals surface area contributed by atoms with Crippen molar-refractivity contribution in [3.05, 3.63) is 139 Å². The lowest BCUT2D eigenvalue weighted by molar-refractivity contribution is 0.483. The maximum atomic E-state index is 12.1. The molecule has 0 bridgehead atoms. The van der Waals surface area contributed by atoms with Gasteiger partial charge in [-0.3, -0.25) is 4.55 Å². The Kier molecular flexibility index (Phi) is 6.35. The van der Waals surface area contributed by atoms with Crippen LogP contribution in [0.4, 0.5) is 0 Å². The average Bonchev–Trinajstić information content (AvgIpc) is 2.91. The summed E-state index contributed by atoms with van der Waals surface area (Å²) >= 11 is 0. The molecule has 36 heavy (non-hydrogen) atoms. The highest BCUT2D eigenvalue weighted by Crippen LogP contribution is 2.28. The summed E-state index contributed by atoms with van der Waals surface area (Å²) in [6.45, 7) is 1.90. The van der Waals surface area contributed by atoms with Crippen molar-refractivity contribution >= 4 is 38.1 Å². The Balaban J connectivity index is 1.78. The summed E-state index contributed by atoms with van der Waals surface area (Å²) in [7, 11) is -4.36. The third-order valence-electron chi connectivity index (χ3n) is 7.03. The fourth-order valence-electron chi connectivity index (χ4n) is 5.43. The van der Waals surface area contributed by atoms with E-state index in [1.54, 1.807) is 12.1 Å². The predicted molar refractivity (Wildman–Crippen MR) is 150 cm³/mol. The van der Waals surface area contributed by atoms with Gasteiger partial charge in [-0.1, -0.05) is 133 Å². The molecular weight excluding hydrogens is 463 g/mol. The number of hydrogen-bond donors (Lipinski definition) is 1. The van der Waals surface area contributed by atoms with Crippen LogP contribution in [0.3, 0.4) is 0 Å². The summed E-state index contributed by atoms with van der Waals surface area (Å²) < 4.78 is 34.0. The van der Waals surface area contributed by atoms with Crippen LogP contribution in [-0.2, 0) is 10.1 Å². The molecule has 0 radical (unpaired) electrons. The van der Waals surface area contributed by atoms with E-state index in [4.69, 9.17) is 0 Å². The Hall–Kier alpha value is -3.93. The van der Waals surface area contributed by atoms with Crippen molar-refractivity contribution in [2.24, 2.45) is 0 Å². The molecule has 5 aromatic rings. The van der Waals surface area contributed by atoms with Crippen LogP contribution in [0.5, 0.6) is 0 Å². The van der Waals surface area contributed by atoms with Crippen LogP contribution in [0.2, 0.25) is 0 Å². The first-order chi connectivity index (χ1) is 17.4. The van der Waals surface area contributed by atoms with Gasteiger partial charge in [0.15, 0.2) is 0 Å². The minimum atomic E-state index is -4.36. The van der Waals surface area contributed by atoms with E-state index in [-0.39, 0.29) is 4.90 Å². The van der Waals surface area contributed by atoms with Gasteiger partial charge in [0.2, 0.25) is 0 Å². The fourth-order valence-corrected chi connectivity index (χ4v) is 6.12. The molecule has 0 saturated heterocycles. The smallest absolute Gasteiger partial charge is 0.282 e. The summed E-state index contributed by atoms with van der Waals surface area (Å²) in [5, 5.41) is 0. The Labute approximate surface area is 212 Å². The summed E-state index contributed by atoms with van der Waals surface area (Å²) in [6, 6.07) is 44.5. The largest absolute Gasteiger partial charge is 0.295 e. The first kappa shape index (κ1) is 23.8. The summed E-state index contributed by atoms with van der Waals surface area (Å²) in [4.78, 5) is -0.0909. The van der Waals surface area contributed by atoms with Crippen LogP contribution in [0.1, 0.15) is 5.56 Å². The molecule has 0 atom stereocenters. The highest BCUT2D eigenvalue weighted by atomic mass is 32.2. The second-order valence-electron chi connectivity index (χ2n) is 9.19. The van der Waals surface area contributed by atoms with Crippen LogP contribution in [0, 0.1) is 6.92 Å². The second-order valence-corrected chi connectivity index (χ2v) is 10.6. The van der Waals surface area contributed by atoms with Crippen molar-refractivity contribution < 1.29 is 13.0 Å². The van der Waals surface area contributed by atoms with Crippen molar-refractivity contribution in [3.63, 3.8) is 0 Å². The molecule has 0 aromatic heterocycles. The van der Waals surface area contributed by atoms with Crippen LogP contribution >= 0.6 is 0 Å². The topological polar surface area (TPSA) is 54.4 Å². The van der Waals surface area contributed by atoms with Gasteiger partial charge in [0, 0.05) is 5.56 Å². The zero-order chi connectivity index (χ0) is 25.2. The van der Waals surface area contributed by atoms with E-state index in [2.05, 4.69) is 84.9 Å². The lowest BCUT2D eigenvalue weighted by Gasteiger charge is -2.44. The van der Waals surface area contributed by atoms with E-state index in [9.17, 15) is 13.0 Å². The molecule has 0 aliphatic heterocycles. The minimum Gasteiger partial charge on any atom is -0.282 e. The van der Waals surface area contributed by atoms with Crippen LogP contribution in [0.25, 0.3) is 11.1 Å². The summed E-state index contributed by atoms with van der Waals surface area (Å²) in [5.41, 5.74) is 6.82. The first-order valence-corrected chi connectivity index (χ1v) is 13.4. The van der Waals surface area contributed by atoms with Gasteiger partial charge in [0.1, 0.15) is 11.0 Å². The number of rotatable bonds is 6. The van der Waals surface area contributed by atoms with Gasteiger partial charge in [-0.2, -0.15) is 30.3 Å². The molecule has 0 amide bonds. The number of aryl methyl sites for hydroxylation is 1. The molecule has 0 heterocycles. The standard InChI is InChI=1S/C31H26BO3S/c1-24-17-22-31(36(33,34)35)30(23-24)25-18-20-29(21-19-25)32(26-11-5-2-6-12-26,27-13-7-3-8-14-27)28-15-9-4-10-16-28/h2-23H,1H3,(H,33,34,35)/q-1. The zero-order valence-corrected chi connectivity index (χ0v) is 20.8. The van der Waals surface area contributed by atoms with Gasteiger partial charge >= 0.3 is 0 Å². The van der Waals surface area contributed by atoms with Gasteiger partial charge in [-0.05, 0) is 18.6 Å². The highest BCUT2D eigenvalue weighted by Gasteiger charge is 2.31. The molecule has 0 fully saturated rings. The molecule has 5 heteroatoms. The average molecular weight is 489 g/mol. The lowest BCUT2D eigenvalue weighted by atomic mass is 9.13. The maximum absolute atomic E-state index is 12.1. The summed E-state index contributed by atoms with van der Waals surface area (Å²) in [5.74, 6) is 0. The Morgan fingerprint density at radius 1 is 0.556 bits per heavy atom. The molecule has 0 unspecified atom stereocenters. The normalized spacial score (nSPS) is 11.8. The van der Waals surface area contributed by atoms with E-state index in [0.717, 1.165) is 16.6 Å². The number of hydrogen-bond acceptors (Lipinski definition) is 2. The monoisotopic (exact) mass is 489 g/mol. The molecule has 5 aromatic carbocycles. The van der Waals surface area contributed by atoms with E-state index >= 15 is 0 Å². The van der Waals surface area contributed by atoms with Crippen LogP contribution in [0.15, 0.2) is 138 Å². The van der Waals surface area contributed by atoms with Crippen molar-refractivity contribution in [1.29, 1.82) is 0 Å². The van der Waals surface area contributed by atoms with Crippen molar-refractivity contribution in [2.75, 3.05) is 0 Å². The van der Waals surface area contributed by atoms with Crippen molar-refractivity contribution in [1.82, 2.24) is 0 Å². The predicted octanol–water partition coefficient (Wildman–Crippen LogP) is 4.29. The summed E-state index contributed by atoms with van der Waals surface area (Å²) in [6.07, 6.45) is -1.51. The molecule has 0 saturated carbocycles. The zero-order valence-electron chi connectivity index (χ0n) is 20.0. The van der Waals surface area contributed by atoms with Gasteiger partial charge in [0.25, 0.3) is 10.1 Å². The molecule has 0 aliphatic rings. The minimum absolute atomic E-state index is 0.0909. The Morgan fingerprint density at radius 3 is 1.39 bits per heavy atom. The fraction of sp³-hybridized carbons (Fsp3) is 0.0323. The van der Waals surface area contributed by atoms with E-state index in [1.165, 1.54) is 22.5 Å². The highest BCUT2D eigenvalue weighted by molar-refractivity contribution is 7.86. The molecule has 0 spiro atoms. The SMILES string of the molecule is Cc1ccc(S(=O)(=O)O)c(-c2ccc([B-](c3ccccc3)(c3ccccc3)c3ccccc3)cc2)c1. The Bertz CT molecular complexity index is 1490. The lowest BCUT2D eigenvalue weighted by Crippen LogP contribution is -2.74. The third kappa shape index (κ3) is 4.28. The third-order valence-corrected chi connectivity index (χ3v) is 7.95. The molecule has 0 aliphatic carbocycles. The Morgan fingerprint density at radius 2 is 0.972 bits per heavy atom. The van der Waals surface area contributed by atoms with Crippen molar-refractivity contribution in [3.8, 4) is 11.1 Å². The van der Waals surface area contributed by atoms with Gasteiger partial charge in [-0.25, -0.2) is 0 Å². The van der Waals surface area contributed by atoms with Gasteiger partial charge in [-0.15, -0.1) is 0 Å².